The van der Waals surface area contributed by atoms with E-state index in [0.29, 0.717) is 5.69 Å². The van der Waals surface area contributed by atoms with Gasteiger partial charge in [0.15, 0.2) is 5.12 Å². The SMILES string of the molecule is CC(C)(C)C(=O)Nc1ccccc1[C@@H](C(=O)S)c1ccccc1. The largest absolute Gasteiger partial charge is 0.325 e. The average molecular weight is 327 g/mol. The van der Waals surface area contributed by atoms with Gasteiger partial charge in [-0.3, -0.25) is 9.59 Å². The maximum atomic E-state index is 12.3. The molecule has 0 bridgehead atoms. The van der Waals surface area contributed by atoms with E-state index in [4.69, 9.17) is 0 Å². The van der Waals surface area contributed by atoms with Crippen molar-refractivity contribution < 1.29 is 9.59 Å². The Labute approximate surface area is 142 Å². The fraction of sp³-hybridized carbons (Fsp3) is 0.263. The topological polar surface area (TPSA) is 46.2 Å². The third-order valence-corrected chi connectivity index (χ3v) is 3.84. The molecule has 1 N–H and O–H groups in total. The second kappa shape index (κ2) is 7.01. The van der Waals surface area contributed by atoms with E-state index in [9.17, 15) is 9.59 Å². The summed E-state index contributed by atoms with van der Waals surface area (Å²) in [6.45, 7) is 5.55. The number of carbonyl (C=O) groups excluding carboxylic acids is 2. The summed E-state index contributed by atoms with van der Waals surface area (Å²) >= 11 is 4.06. The minimum absolute atomic E-state index is 0.0941. The summed E-state index contributed by atoms with van der Waals surface area (Å²) in [5.74, 6) is -0.612. The van der Waals surface area contributed by atoms with Crippen LogP contribution in [0.4, 0.5) is 5.69 Å². The van der Waals surface area contributed by atoms with Crippen molar-refractivity contribution in [3.8, 4) is 0 Å². The molecule has 0 spiro atoms. The van der Waals surface area contributed by atoms with Crippen molar-refractivity contribution in [2.75, 3.05) is 5.32 Å². The standard InChI is InChI=1S/C19H21NO2S/c1-19(2,3)18(22)20-15-12-8-7-11-14(15)16(17(21)23)13-9-5-4-6-10-13/h4-12,16H,1-3H3,(H,20,22)(H,21,23)/t16-/m0/s1. The van der Waals surface area contributed by atoms with Crippen molar-refractivity contribution in [3.63, 3.8) is 0 Å². The molecule has 3 nitrogen and oxygen atoms in total. The van der Waals surface area contributed by atoms with Gasteiger partial charge in [-0.15, -0.1) is 12.6 Å². The Bertz CT molecular complexity index is 705. The van der Waals surface area contributed by atoms with Gasteiger partial charge in [0.1, 0.15) is 0 Å². The third kappa shape index (κ3) is 4.23. The van der Waals surface area contributed by atoms with Crippen LogP contribution in [0.3, 0.4) is 0 Å². The third-order valence-electron chi connectivity index (χ3n) is 3.58. The summed E-state index contributed by atoms with van der Waals surface area (Å²) in [4.78, 5) is 24.4. The van der Waals surface area contributed by atoms with E-state index in [0.717, 1.165) is 11.1 Å². The number of amides is 1. The summed E-state index contributed by atoms with van der Waals surface area (Å²) in [5, 5.41) is 2.67. The lowest BCUT2D eigenvalue weighted by molar-refractivity contribution is -0.123. The first kappa shape index (κ1) is 17.3. The van der Waals surface area contributed by atoms with Gasteiger partial charge in [0.05, 0.1) is 5.92 Å². The Balaban J connectivity index is 2.46. The van der Waals surface area contributed by atoms with Gasteiger partial charge in [0.25, 0.3) is 0 Å². The Morgan fingerprint density at radius 1 is 0.957 bits per heavy atom. The monoisotopic (exact) mass is 327 g/mol. The maximum Gasteiger partial charge on any atom is 0.229 e. The molecule has 1 atom stereocenters. The number of nitrogens with one attached hydrogen (secondary N) is 1. The molecule has 4 heteroatoms. The molecule has 0 unspecified atom stereocenters. The van der Waals surface area contributed by atoms with E-state index in [1.54, 1.807) is 0 Å². The van der Waals surface area contributed by atoms with Crippen LogP contribution >= 0.6 is 12.6 Å². The molecule has 23 heavy (non-hydrogen) atoms. The van der Waals surface area contributed by atoms with E-state index in [1.807, 2.05) is 75.4 Å². The van der Waals surface area contributed by atoms with Crippen molar-refractivity contribution in [1.29, 1.82) is 0 Å². The van der Waals surface area contributed by atoms with E-state index in [2.05, 4.69) is 17.9 Å². The molecule has 0 aliphatic heterocycles. The highest BCUT2D eigenvalue weighted by Gasteiger charge is 2.26. The Hall–Kier alpha value is -2.07. The maximum absolute atomic E-state index is 12.3. The quantitative estimate of drug-likeness (QED) is 0.824. The van der Waals surface area contributed by atoms with Gasteiger partial charge >= 0.3 is 0 Å². The van der Waals surface area contributed by atoms with Crippen LogP contribution in [-0.2, 0) is 9.59 Å². The number of thiol groups is 1. The number of rotatable bonds is 4. The summed E-state index contributed by atoms with van der Waals surface area (Å²) in [5.41, 5.74) is 1.73. The first-order valence-corrected chi connectivity index (χ1v) is 7.93. The van der Waals surface area contributed by atoms with Gasteiger partial charge in [-0.1, -0.05) is 69.3 Å². The fourth-order valence-electron chi connectivity index (χ4n) is 2.27. The Morgan fingerprint density at radius 2 is 1.52 bits per heavy atom. The number of anilines is 1. The van der Waals surface area contributed by atoms with Crippen molar-refractivity contribution in [1.82, 2.24) is 0 Å². The number of carbonyl (C=O) groups is 2. The molecule has 0 aliphatic rings. The highest BCUT2D eigenvalue weighted by molar-refractivity contribution is 7.96. The summed E-state index contributed by atoms with van der Waals surface area (Å²) < 4.78 is 0. The smallest absolute Gasteiger partial charge is 0.229 e. The van der Waals surface area contributed by atoms with Crippen LogP contribution in [0, 0.1) is 5.41 Å². The van der Waals surface area contributed by atoms with E-state index in [1.165, 1.54) is 0 Å². The molecular formula is C19H21NO2S. The molecule has 0 aliphatic carbocycles. The summed E-state index contributed by atoms with van der Waals surface area (Å²) in [6.07, 6.45) is 0. The summed E-state index contributed by atoms with van der Waals surface area (Å²) in [6, 6.07) is 16.8. The normalized spacial score (nSPS) is 12.5. The van der Waals surface area contributed by atoms with Crippen LogP contribution in [0.25, 0.3) is 0 Å². The molecule has 0 saturated carbocycles. The number of benzene rings is 2. The van der Waals surface area contributed by atoms with Gasteiger partial charge < -0.3 is 5.32 Å². The van der Waals surface area contributed by atoms with Crippen LogP contribution in [0.5, 0.6) is 0 Å². The molecule has 2 rings (SSSR count). The number of para-hydroxylation sites is 1. The van der Waals surface area contributed by atoms with E-state index >= 15 is 0 Å². The molecule has 2 aromatic carbocycles. The Kier molecular flexibility index (Phi) is 5.26. The van der Waals surface area contributed by atoms with Crippen LogP contribution in [0.1, 0.15) is 37.8 Å². The minimum Gasteiger partial charge on any atom is -0.325 e. The van der Waals surface area contributed by atoms with Crippen molar-refractivity contribution >= 4 is 29.3 Å². The highest BCUT2D eigenvalue weighted by Crippen LogP contribution is 2.33. The number of hydrogen-bond donors (Lipinski definition) is 2. The summed E-state index contributed by atoms with van der Waals surface area (Å²) in [7, 11) is 0. The average Bonchev–Trinajstić information content (AvgIpc) is 2.49. The molecule has 0 aromatic heterocycles. The zero-order chi connectivity index (χ0) is 17.0. The molecular weight excluding hydrogens is 306 g/mol. The van der Waals surface area contributed by atoms with Gasteiger partial charge in [0, 0.05) is 11.1 Å². The van der Waals surface area contributed by atoms with Gasteiger partial charge in [-0.2, -0.15) is 0 Å². The second-order valence-corrected chi connectivity index (χ2v) is 6.91. The fourth-order valence-corrected chi connectivity index (χ4v) is 2.56. The van der Waals surface area contributed by atoms with Crippen LogP contribution in [0.2, 0.25) is 0 Å². The van der Waals surface area contributed by atoms with Crippen LogP contribution < -0.4 is 5.32 Å². The molecule has 2 aromatic rings. The van der Waals surface area contributed by atoms with Crippen molar-refractivity contribution in [2.24, 2.45) is 5.41 Å². The molecule has 0 saturated heterocycles. The molecule has 1 amide bonds. The van der Waals surface area contributed by atoms with Gasteiger partial charge in [-0.25, -0.2) is 0 Å². The molecule has 0 fully saturated rings. The first-order chi connectivity index (χ1) is 10.8. The van der Waals surface area contributed by atoms with E-state index in [-0.39, 0.29) is 11.0 Å². The van der Waals surface area contributed by atoms with Crippen molar-refractivity contribution in [2.45, 2.75) is 26.7 Å². The lowest BCUT2D eigenvalue weighted by Gasteiger charge is -2.22. The van der Waals surface area contributed by atoms with Crippen LogP contribution in [-0.4, -0.2) is 11.0 Å². The molecule has 120 valence electrons. The van der Waals surface area contributed by atoms with Gasteiger partial charge in [-0.05, 0) is 17.2 Å². The zero-order valence-corrected chi connectivity index (χ0v) is 14.4. The van der Waals surface area contributed by atoms with Crippen molar-refractivity contribution in [3.05, 3.63) is 65.7 Å². The molecule has 0 radical (unpaired) electrons. The Morgan fingerprint density at radius 3 is 2.09 bits per heavy atom. The second-order valence-electron chi connectivity index (χ2n) is 6.47. The molecule has 0 heterocycles. The van der Waals surface area contributed by atoms with E-state index < -0.39 is 11.3 Å². The van der Waals surface area contributed by atoms with Gasteiger partial charge in [0.2, 0.25) is 5.91 Å². The predicted molar refractivity (Wildman–Crippen MR) is 96.8 cm³/mol. The lowest BCUT2D eigenvalue weighted by Crippen LogP contribution is -2.28. The highest BCUT2D eigenvalue weighted by atomic mass is 32.1. The number of hydrogen-bond acceptors (Lipinski definition) is 2. The first-order valence-electron chi connectivity index (χ1n) is 7.49. The predicted octanol–water partition coefficient (Wildman–Crippen LogP) is 4.26. The van der Waals surface area contributed by atoms with Crippen LogP contribution in [0.15, 0.2) is 54.6 Å². The lowest BCUT2D eigenvalue weighted by atomic mass is 9.90. The zero-order valence-electron chi connectivity index (χ0n) is 13.5. The minimum atomic E-state index is -0.518.